The van der Waals surface area contributed by atoms with E-state index in [1.54, 1.807) is 0 Å². The van der Waals surface area contributed by atoms with Gasteiger partial charge >= 0.3 is 0 Å². The fourth-order valence-electron chi connectivity index (χ4n) is 2.94. The third-order valence-electron chi connectivity index (χ3n) is 3.92. The van der Waals surface area contributed by atoms with Gasteiger partial charge in [0.25, 0.3) is 0 Å². The molecule has 2 rings (SSSR count). The van der Waals surface area contributed by atoms with Crippen molar-refractivity contribution in [1.82, 2.24) is 4.90 Å². The molecule has 0 bridgehead atoms. The lowest BCUT2D eigenvalue weighted by Gasteiger charge is -2.23. The molecule has 4 heteroatoms. The highest BCUT2D eigenvalue weighted by Crippen LogP contribution is 2.39. The van der Waals surface area contributed by atoms with E-state index in [4.69, 9.17) is 0 Å². The van der Waals surface area contributed by atoms with Crippen LogP contribution in [-0.4, -0.2) is 34.5 Å². The highest BCUT2D eigenvalue weighted by Gasteiger charge is 2.49. The number of likely N-dealkylation sites (tertiary alicyclic amines) is 1. The molecule has 2 aliphatic rings. The van der Waals surface area contributed by atoms with E-state index in [1.165, 1.54) is 4.90 Å². The fraction of sp³-hybridized carbons (Fsp3) is 0.833. The molecular formula is C12H19NO3. The van der Waals surface area contributed by atoms with Crippen molar-refractivity contribution >= 4 is 11.8 Å². The summed E-state index contributed by atoms with van der Waals surface area (Å²) < 4.78 is 0. The molecule has 0 aromatic rings. The second-order valence-corrected chi connectivity index (χ2v) is 4.79. The summed E-state index contributed by atoms with van der Waals surface area (Å²) >= 11 is 0. The number of fused-ring (bicyclic) bond motifs is 1. The van der Waals surface area contributed by atoms with Crippen LogP contribution in [0.4, 0.5) is 0 Å². The molecular weight excluding hydrogens is 206 g/mol. The second kappa shape index (κ2) is 4.53. The van der Waals surface area contributed by atoms with Crippen molar-refractivity contribution < 1.29 is 14.7 Å². The van der Waals surface area contributed by atoms with Crippen LogP contribution in [0.1, 0.15) is 39.0 Å². The van der Waals surface area contributed by atoms with Gasteiger partial charge in [-0.15, -0.1) is 0 Å². The Morgan fingerprint density at radius 1 is 1.25 bits per heavy atom. The maximum atomic E-state index is 12.1. The van der Waals surface area contributed by atoms with Gasteiger partial charge in [0.2, 0.25) is 11.8 Å². The molecule has 1 N–H and O–H groups in total. The molecule has 1 aliphatic carbocycles. The summed E-state index contributed by atoms with van der Waals surface area (Å²) in [5.74, 6) is -0.282. The summed E-state index contributed by atoms with van der Waals surface area (Å²) in [7, 11) is 0. The summed E-state index contributed by atoms with van der Waals surface area (Å²) in [4.78, 5) is 25.5. The van der Waals surface area contributed by atoms with Crippen LogP contribution in [0.2, 0.25) is 0 Å². The predicted octanol–water partition coefficient (Wildman–Crippen LogP) is 0.932. The smallest absolute Gasteiger partial charge is 0.233 e. The van der Waals surface area contributed by atoms with Crippen LogP contribution in [0, 0.1) is 11.8 Å². The van der Waals surface area contributed by atoms with E-state index < -0.39 is 0 Å². The molecule has 1 saturated heterocycles. The largest absolute Gasteiger partial charge is 0.394 e. The Hall–Kier alpha value is -0.900. The van der Waals surface area contributed by atoms with Crippen LogP contribution < -0.4 is 0 Å². The zero-order valence-corrected chi connectivity index (χ0v) is 9.69. The SMILES string of the molecule is CCC(CO)N1C(=O)C2CCCCC2C1=O. The number of rotatable bonds is 3. The van der Waals surface area contributed by atoms with E-state index in [1.807, 2.05) is 6.92 Å². The number of hydrogen-bond donors (Lipinski definition) is 1. The molecule has 0 aromatic heterocycles. The summed E-state index contributed by atoms with van der Waals surface area (Å²) in [6, 6.07) is -0.314. The Morgan fingerprint density at radius 3 is 2.12 bits per heavy atom. The number of aliphatic hydroxyl groups is 1. The maximum absolute atomic E-state index is 12.1. The molecule has 1 heterocycles. The van der Waals surface area contributed by atoms with Crippen molar-refractivity contribution in [3.63, 3.8) is 0 Å². The van der Waals surface area contributed by atoms with Crippen molar-refractivity contribution in [3.05, 3.63) is 0 Å². The standard InChI is InChI=1S/C12H19NO3/c1-2-8(7-14)13-11(15)9-5-3-4-6-10(9)12(13)16/h8-10,14H,2-7H2,1H3. The number of carbonyl (C=O) groups excluding carboxylic acids is 2. The lowest BCUT2D eigenvalue weighted by Crippen LogP contribution is -2.42. The van der Waals surface area contributed by atoms with Crippen molar-refractivity contribution in [3.8, 4) is 0 Å². The highest BCUT2D eigenvalue weighted by molar-refractivity contribution is 6.05. The fourth-order valence-corrected chi connectivity index (χ4v) is 2.94. The molecule has 2 fully saturated rings. The minimum absolute atomic E-state index is 0.0457. The maximum Gasteiger partial charge on any atom is 0.233 e. The van der Waals surface area contributed by atoms with Crippen molar-refractivity contribution in [1.29, 1.82) is 0 Å². The average molecular weight is 225 g/mol. The number of aliphatic hydroxyl groups excluding tert-OH is 1. The number of carbonyl (C=O) groups is 2. The monoisotopic (exact) mass is 225 g/mol. The number of hydrogen-bond acceptors (Lipinski definition) is 3. The van der Waals surface area contributed by atoms with Gasteiger partial charge in [-0.2, -0.15) is 0 Å². The molecule has 1 saturated carbocycles. The number of amides is 2. The van der Waals surface area contributed by atoms with Gasteiger partial charge < -0.3 is 5.11 Å². The summed E-state index contributed by atoms with van der Waals surface area (Å²) in [5.41, 5.74) is 0. The highest BCUT2D eigenvalue weighted by atomic mass is 16.3. The Morgan fingerprint density at radius 2 is 1.75 bits per heavy atom. The van der Waals surface area contributed by atoms with Gasteiger partial charge in [0.1, 0.15) is 0 Å². The number of imide groups is 1. The Kier molecular flexibility index (Phi) is 3.28. The topological polar surface area (TPSA) is 57.6 Å². The van der Waals surface area contributed by atoms with Crippen molar-refractivity contribution in [2.24, 2.45) is 11.8 Å². The van der Waals surface area contributed by atoms with Crippen molar-refractivity contribution in [2.75, 3.05) is 6.61 Å². The van der Waals surface area contributed by atoms with Crippen LogP contribution in [0.25, 0.3) is 0 Å². The Balaban J connectivity index is 2.21. The van der Waals surface area contributed by atoms with Gasteiger partial charge in [0, 0.05) is 0 Å². The van der Waals surface area contributed by atoms with Gasteiger partial charge in [-0.3, -0.25) is 14.5 Å². The minimum atomic E-state index is -0.314. The normalized spacial score (nSPS) is 31.8. The first-order chi connectivity index (χ1) is 7.70. The van der Waals surface area contributed by atoms with Gasteiger partial charge in [0.15, 0.2) is 0 Å². The van der Waals surface area contributed by atoms with Crippen LogP contribution in [-0.2, 0) is 9.59 Å². The first-order valence-corrected chi connectivity index (χ1v) is 6.18. The minimum Gasteiger partial charge on any atom is -0.394 e. The zero-order valence-electron chi connectivity index (χ0n) is 9.69. The first kappa shape index (κ1) is 11.6. The molecule has 4 nitrogen and oxygen atoms in total. The molecule has 0 aromatic carbocycles. The molecule has 2 amide bonds. The van der Waals surface area contributed by atoms with Crippen LogP contribution in [0.5, 0.6) is 0 Å². The molecule has 3 atom stereocenters. The summed E-state index contributed by atoms with van der Waals surface area (Å²) in [5, 5.41) is 9.21. The third kappa shape index (κ3) is 1.65. The van der Waals surface area contributed by atoms with E-state index >= 15 is 0 Å². The Labute approximate surface area is 95.6 Å². The lowest BCUT2D eigenvalue weighted by molar-refractivity contribution is -0.143. The quantitative estimate of drug-likeness (QED) is 0.727. The van der Waals surface area contributed by atoms with Crippen LogP contribution in [0.15, 0.2) is 0 Å². The molecule has 3 unspecified atom stereocenters. The van der Waals surface area contributed by atoms with E-state index in [0.29, 0.717) is 6.42 Å². The third-order valence-corrected chi connectivity index (χ3v) is 3.92. The lowest BCUT2D eigenvalue weighted by atomic mass is 9.81. The average Bonchev–Trinajstić information content (AvgIpc) is 2.57. The Bertz CT molecular complexity index is 275. The van der Waals surface area contributed by atoms with E-state index in [9.17, 15) is 14.7 Å². The predicted molar refractivity (Wildman–Crippen MR) is 58.5 cm³/mol. The van der Waals surface area contributed by atoms with Crippen molar-refractivity contribution in [2.45, 2.75) is 45.1 Å². The van der Waals surface area contributed by atoms with Gasteiger partial charge in [0.05, 0.1) is 24.5 Å². The summed E-state index contributed by atoms with van der Waals surface area (Å²) in [6.07, 6.45) is 4.41. The molecule has 90 valence electrons. The summed E-state index contributed by atoms with van der Waals surface area (Å²) in [6.45, 7) is 1.77. The van der Waals surface area contributed by atoms with E-state index in [-0.39, 0.29) is 36.3 Å². The molecule has 16 heavy (non-hydrogen) atoms. The van der Waals surface area contributed by atoms with Crippen LogP contribution in [0.3, 0.4) is 0 Å². The zero-order chi connectivity index (χ0) is 11.7. The van der Waals surface area contributed by atoms with Gasteiger partial charge in [-0.25, -0.2) is 0 Å². The van der Waals surface area contributed by atoms with Gasteiger partial charge in [-0.1, -0.05) is 19.8 Å². The molecule has 0 radical (unpaired) electrons. The molecule has 1 aliphatic heterocycles. The van der Waals surface area contributed by atoms with E-state index in [2.05, 4.69) is 0 Å². The molecule has 0 spiro atoms. The van der Waals surface area contributed by atoms with Crippen LogP contribution >= 0.6 is 0 Å². The van der Waals surface area contributed by atoms with E-state index in [0.717, 1.165) is 25.7 Å². The first-order valence-electron chi connectivity index (χ1n) is 6.18. The second-order valence-electron chi connectivity index (χ2n) is 4.79. The van der Waals surface area contributed by atoms with Gasteiger partial charge in [-0.05, 0) is 19.3 Å². The number of nitrogens with zero attached hydrogens (tertiary/aromatic N) is 1.